The van der Waals surface area contributed by atoms with Crippen LogP contribution in [0.2, 0.25) is 0 Å². The van der Waals surface area contributed by atoms with E-state index in [0.717, 1.165) is 29.3 Å². The van der Waals surface area contributed by atoms with E-state index in [-0.39, 0.29) is 24.7 Å². The molecule has 0 atom stereocenters. The normalized spacial score (nSPS) is 15.2. The molecule has 5 nitrogen and oxygen atoms in total. The Balaban J connectivity index is 1.52. The maximum atomic E-state index is 13.3. The molecule has 1 N–H and O–H groups in total. The highest BCUT2D eigenvalue weighted by atomic mass is 79.9. The summed E-state index contributed by atoms with van der Waals surface area (Å²) in [5, 5.41) is 2.78. The highest BCUT2D eigenvalue weighted by Crippen LogP contribution is 2.21. The molecule has 1 heterocycles. The molecular weight excluding hydrogens is 459 g/mol. The Bertz CT molecular complexity index is 958. The third-order valence-corrected chi connectivity index (χ3v) is 7.69. The van der Waals surface area contributed by atoms with E-state index in [1.54, 1.807) is 34.6 Å². The lowest BCUT2D eigenvalue weighted by molar-refractivity contribution is -0.121. The molecule has 0 aliphatic carbocycles. The molecule has 8 heteroatoms. The Labute approximate surface area is 179 Å². The molecule has 29 heavy (non-hydrogen) atoms. The summed E-state index contributed by atoms with van der Waals surface area (Å²) in [5.41, 5.74) is 1.57. The van der Waals surface area contributed by atoms with Crippen molar-refractivity contribution >= 4 is 31.9 Å². The van der Waals surface area contributed by atoms with Crippen LogP contribution < -0.4 is 5.32 Å². The second kappa shape index (κ2) is 9.82. The number of carbonyl (C=O) groups is 1. The second-order valence-electron chi connectivity index (χ2n) is 7.12. The second-order valence-corrected chi connectivity index (χ2v) is 9.91. The lowest BCUT2D eigenvalue weighted by Crippen LogP contribution is -2.35. The van der Waals surface area contributed by atoms with Crippen molar-refractivity contribution < 1.29 is 17.6 Å². The standard InChI is InChI=1S/C21H24BrFN2O3S/c22-20-10-7-18(23)14-17(20)15-24-21(26)11-6-16-4-8-19(9-5-16)29(27,28)25-12-2-1-3-13-25/h4-5,7-10,14H,1-3,6,11-13,15H2,(H,24,26). The lowest BCUT2D eigenvalue weighted by Gasteiger charge is -2.25. The van der Waals surface area contributed by atoms with Crippen molar-refractivity contribution in [2.45, 2.75) is 43.5 Å². The Kier molecular flexibility index (Phi) is 7.43. The molecule has 0 unspecified atom stereocenters. The molecule has 2 aromatic carbocycles. The molecule has 1 saturated heterocycles. The van der Waals surface area contributed by atoms with E-state index >= 15 is 0 Å². The first-order valence-corrected chi connectivity index (χ1v) is 11.9. The van der Waals surface area contributed by atoms with E-state index in [2.05, 4.69) is 21.2 Å². The first kappa shape index (κ1) is 21.9. The number of halogens is 2. The molecule has 0 bridgehead atoms. The number of rotatable bonds is 7. The van der Waals surface area contributed by atoms with Gasteiger partial charge in [-0.2, -0.15) is 4.31 Å². The zero-order valence-corrected chi connectivity index (χ0v) is 18.4. The van der Waals surface area contributed by atoms with Gasteiger partial charge in [0.15, 0.2) is 0 Å². The zero-order chi connectivity index (χ0) is 20.9. The fraction of sp³-hybridized carbons (Fsp3) is 0.381. The van der Waals surface area contributed by atoms with Crippen LogP contribution in [0.3, 0.4) is 0 Å². The third kappa shape index (κ3) is 5.87. The third-order valence-electron chi connectivity index (χ3n) is 5.00. The molecule has 1 aliphatic heterocycles. The molecular formula is C21H24BrFN2O3S. The number of piperidine rings is 1. The Morgan fingerprint density at radius 3 is 2.45 bits per heavy atom. The number of carbonyl (C=O) groups excluding carboxylic acids is 1. The van der Waals surface area contributed by atoms with Crippen molar-refractivity contribution in [1.29, 1.82) is 0 Å². The van der Waals surface area contributed by atoms with E-state index in [0.29, 0.717) is 30.0 Å². The summed E-state index contributed by atoms with van der Waals surface area (Å²) >= 11 is 3.34. The Hall–Kier alpha value is -1.77. The van der Waals surface area contributed by atoms with Crippen molar-refractivity contribution in [1.82, 2.24) is 9.62 Å². The average Bonchev–Trinajstić information content (AvgIpc) is 2.74. The predicted octanol–water partition coefficient (Wildman–Crippen LogP) is 4.01. The van der Waals surface area contributed by atoms with Crippen molar-refractivity contribution in [2.24, 2.45) is 0 Å². The molecule has 3 rings (SSSR count). The van der Waals surface area contributed by atoms with Crippen LogP contribution in [0, 0.1) is 5.82 Å². The maximum Gasteiger partial charge on any atom is 0.243 e. The van der Waals surface area contributed by atoms with Gasteiger partial charge in [0.2, 0.25) is 15.9 Å². The maximum absolute atomic E-state index is 13.3. The van der Waals surface area contributed by atoms with Gasteiger partial charge in [-0.3, -0.25) is 4.79 Å². The number of benzene rings is 2. The number of nitrogens with one attached hydrogen (secondary N) is 1. The average molecular weight is 483 g/mol. The summed E-state index contributed by atoms with van der Waals surface area (Å²) in [6.45, 7) is 1.39. The van der Waals surface area contributed by atoms with Crippen molar-refractivity contribution in [3.8, 4) is 0 Å². The summed E-state index contributed by atoms with van der Waals surface area (Å²) in [5.74, 6) is -0.497. The summed E-state index contributed by atoms with van der Waals surface area (Å²) in [4.78, 5) is 12.4. The smallest absolute Gasteiger partial charge is 0.243 e. The van der Waals surface area contributed by atoms with Gasteiger partial charge in [-0.25, -0.2) is 12.8 Å². The van der Waals surface area contributed by atoms with Crippen molar-refractivity contribution in [2.75, 3.05) is 13.1 Å². The highest BCUT2D eigenvalue weighted by Gasteiger charge is 2.25. The summed E-state index contributed by atoms with van der Waals surface area (Å²) in [6, 6.07) is 11.1. The number of hydrogen-bond acceptors (Lipinski definition) is 3. The minimum Gasteiger partial charge on any atom is -0.352 e. The van der Waals surface area contributed by atoms with E-state index < -0.39 is 10.0 Å². The van der Waals surface area contributed by atoms with E-state index in [4.69, 9.17) is 0 Å². The molecule has 0 saturated carbocycles. The van der Waals surface area contributed by atoms with Gasteiger partial charge >= 0.3 is 0 Å². The highest BCUT2D eigenvalue weighted by molar-refractivity contribution is 9.10. The van der Waals surface area contributed by atoms with Gasteiger partial charge in [0.25, 0.3) is 0 Å². The van der Waals surface area contributed by atoms with Gasteiger partial charge in [0.1, 0.15) is 5.82 Å². The van der Waals surface area contributed by atoms with Crippen LogP contribution in [0.15, 0.2) is 51.8 Å². The van der Waals surface area contributed by atoms with Crippen LogP contribution in [0.4, 0.5) is 4.39 Å². The number of hydrogen-bond donors (Lipinski definition) is 1. The molecule has 1 aliphatic rings. The monoisotopic (exact) mass is 482 g/mol. The van der Waals surface area contributed by atoms with Crippen molar-refractivity contribution in [3.05, 3.63) is 63.9 Å². The molecule has 2 aromatic rings. The quantitative estimate of drug-likeness (QED) is 0.647. The molecule has 1 fully saturated rings. The van der Waals surface area contributed by atoms with Gasteiger partial charge in [-0.05, 0) is 60.7 Å². The lowest BCUT2D eigenvalue weighted by atomic mass is 10.1. The summed E-state index contributed by atoms with van der Waals surface area (Å²) < 4.78 is 40.9. The van der Waals surface area contributed by atoms with Gasteiger partial charge in [-0.1, -0.05) is 34.5 Å². The summed E-state index contributed by atoms with van der Waals surface area (Å²) in [7, 11) is -3.44. The van der Waals surface area contributed by atoms with Gasteiger partial charge in [0.05, 0.1) is 4.90 Å². The van der Waals surface area contributed by atoms with Gasteiger partial charge < -0.3 is 5.32 Å². The van der Waals surface area contributed by atoms with Crippen molar-refractivity contribution in [3.63, 3.8) is 0 Å². The fourth-order valence-electron chi connectivity index (χ4n) is 3.30. The minimum absolute atomic E-state index is 0.147. The number of aryl methyl sites for hydroxylation is 1. The van der Waals surface area contributed by atoms with Gasteiger partial charge in [-0.15, -0.1) is 0 Å². The Morgan fingerprint density at radius 2 is 1.76 bits per heavy atom. The van der Waals surface area contributed by atoms with Crippen LogP contribution in [0.1, 0.15) is 36.8 Å². The SMILES string of the molecule is O=C(CCc1ccc(S(=O)(=O)N2CCCCC2)cc1)NCc1cc(F)ccc1Br. The molecule has 156 valence electrons. The zero-order valence-electron chi connectivity index (χ0n) is 16.0. The minimum atomic E-state index is -3.44. The number of nitrogens with zero attached hydrogens (tertiary/aromatic N) is 1. The first-order chi connectivity index (χ1) is 13.9. The van der Waals surface area contributed by atoms with E-state index in [1.807, 2.05) is 0 Å². The van der Waals surface area contributed by atoms with E-state index in [1.165, 1.54) is 12.1 Å². The van der Waals surface area contributed by atoms with Crippen LogP contribution in [0.5, 0.6) is 0 Å². The fourth-order valence-corrected chi connectivity index (χ4v) is 5.21. The van der Waals surface area contributed by atoms with Crippen LogP contribution in [-0.4, -0.2) is 31.7 Å². The number of sulfonamides is 1. The molecule has 0 radical (unpaired) electrons. The largest absolute Gasteiger partial charge is 0.352 e. The molecule has 0 aromatic heterocycles. The topological polar surface area (TPSA) is 66.5 Å². The number of amides is 1. The van der Waals surface area contributed by atoms with E-state index in [9.17, 15) is 17.6 Å². The molecule has 1 amide bonds. The van der Waals surface area contributed by atoms with Crippen LogP contribution in [0.25, 0.3) is 0 Å². The van der Waals surface area contributed by atoms with Crippen LogP contribution >= 0.6 is 15.9 Å². The Morgan fingerprint density at radius 1 is 1.07 bits per heavy atom. The molecule has 0 spiro atoms. The predicted molar refractivity (Wildman–Crippen MR) is 113 cm³/mol. The summed E-state index contributed by atoms with van der Waals surface area (Å²) in [6.07, 6.45) is 3.64. The first-order valence-electron chi connectivity index (χ1n) is 9.66. The van der Waals surface area contributed by atoms with Crippen LogP contribution in [-0.2, 0) is 27.8 Å². The van der Waals surface area contributed by atoms with Gasteiger partial charge in [0, 0.05) is 30.5 Å².